The van der Waals surface area contributed by atoms with E-state index in [0.29, 0.717) is 12.0 Å². The summed E-state index contributed by atoms with van der Waals surface area (Å²) in [6.07, 6.45) is 6.36. The third-order valence-corrected chi connectivity index (χ3v) is 6.80. The van der Waals surface area contributed by atoms with Crippen LogP contribution in [0.5, 0.6) is 5.75 Å². The summed E-state index contributed by atoms with van der Waals surface area (Å²) in [6.45, 7) is 4.70. The van der Waals surface area contributed by atoms with E-state index in [4.69, 9.17) is 15.2 Å². The predicted octanol–water partition coefficient (Wildman–Crippen LogP) is 3.12. The summed E-state index contributed by atoms with van der Waals surface area (Å²) in [4.78, 5) is 10.6. The van der Waals surface area contributed by atoms with Gasteiger partial charge in [-0.1, -0.05) is 24.3 Å². The first-order valence-electron chi connectivity index (χ1n) is 11.3. The zero-order valence-electron chi connectivity index (χ0n) is 18.2. The van der Waals surface area contributed by atoms with Gasteiger partial charge in [-0.3, -0.25) is 0 Å². The second-order valence-corrected chi connectivity index (χ2v) is 9.08. The molecule has 1 atom stereocenters. The molecule has 0 saturated carbocycles. The maximum atomic E-state index is 10.7. The van der Waals surface area contributed by atoms with Gasteiger partial charge in [-0.25, -0.2) is 9.97 Å². The van der Waals surface area contributed by atoms with Gasteiger partial charge in [0.2, 0.25) is 5.95 Å². The molecule has 3 heterocycles. The van der Waals surface area contributed by atoms with Crippen LogP contribution in [-0.2, 0) is 4.74 Å². The highest BCUT2D eigenvalue weighted by Gasteiger charge is 2.39. The number of nitrogens with zero attached hydrogens (tertiary/aromatic N) is 3. The molecule has 3 N–H and O–H groups in total. The molecule has 5 rings (SSSR count). The fraction of sp³-hybridized carbons (Fsp3) is 0.440. The average Bonchev–Trinajstić information content (AvgIpc) is 3.19. The Kier molecular flexibility index (Phi) is 5.95. The molecule has 2 saturated heterocycles. The smallest absolute Gasteiger partial charge is 0.219 e. The van der Waals surface area contributed by atoms with Crippen molar-refractivity contribution in [3.8, 4) is 16.9 Å². The number of anilines is 1. The molecule has 1 aromatic heterocycles. The number of ether oxygens (including phenoxy) is 2. The van der Waals surface area contributed by atoms with Crippen molar-refractivity contribution in [1.29, 1.82) is 0 Å². The number of aliphatic hydroxyl groups is 1. The van der Waals surface area contributed by atoms with Crippen LogP contribution in [0.1, 0.15) is 19.3 Å². The summed E-state index contributed by atoms with van der Waals surface area (Å²) < 4.78 is 11.6. The van der Waals surface area contributed by atoms with E-state index < -0.39 is 6.10 Å². The molecule has 2 aliphatic rings. The number of fused-ring (bicyclic) bond motifs is 1. The monoisotopic (exact) mass is 434 g/mol. The van der Waals surface area contributed by atoms with Crippen LogP contribution in [0.4, 0.5) is 5.95 Å². The van der Waals surface area contributed by atoms with Crippen molar-refractivity contribution in [3.05, 3.63) is 48.8 Å². The molecule has 0 amide bonds. The number of nitrogens with two attached hydrogens (primary N) is 1. The number of β-amino-alcohol motifs (C(OH)–C–C–N with tert-alkyl or cyclic N) is 1. The number of hydrogen-bond donors (Lipinski definition) is 2. The Morgan fingerprint density at radius 1 is 1.12 bits per heavy atom. The lowest BCUT2D eigenvalue weighted by atomic mass is 9.80. The minimum absolute atomic E-state index is 0.248. The number of nitrogen functional groups attached to an aromatic ring is 1. The van der Waals surface area contributed by atoms with E-state index in [-0.39, 0.29) is 12.6 Å². The third-order valence-electron chi connectivity index (χ3n) is 6.80. The van der Waals surface area contributed by atoms with Crippen LogP contribution >= 0.6 is 0 Å². The summed E-state index contributed by atoms with van der Waals surface area (Å²) in [5, 5.41) is 12.8. The molecule has 1 spiro atoms. The Balaban J connectivity index is 1.26. The van der Waals surface area contributed by atoms with E-state index >= 15 is 0 Å². The second kappa shape index (κ2) is 9.02. The number of benzene rings is 2. The highest BCUT2D eigenvalue weighted by atomic mass is 16.5. The molecule has 0 aliphatic carbocycles. The van der Waals surface area contributed by atoms with Gasteiger partial charge in [-0.05, 0) is 59.7 Å². The first-order chi connectivity index (χ1) is 15.6. The van der Waals surface area contributed by atoms with Crippen molar-refractivity contribution in [2.45, 2.75) is 25.4 Å². The van der Waals surface area contributed by atoms with Crippen molar-refractivity contribution in [2.24, 2.45) is 5.41 Å². The van der Waals surface area contributed by atoms with Gasteiger partial charge in [0.15, 0.2) is 0 Å². The SMILES string of the molecule is Nc1ncc(-c2cc(OCC(O)CN3CCC4(CCOCC4)C3)cc3ccccc23)cn1. The number of likely N-dealkylation sites (tertiary alicyclic amines) is 1. The Morgan fingerprint density at radius 2 is 1.91 bits per heavy atom. The van der Waals surface area contributed by atoms with E-state index in [9.17, 15) is 5.11 Å². The minimum Gasteiger partial charge on any atom is -0.491 e. The van der Waals surface area contributed by atoms with Gasteiger partial charge < -0.3 is 25.2 Å². The van der Waals surface area contributed by atoms with Crippen LogP contribution in [0.2, 0.25) is 0 Å². The molecule has 32 heavy (non-hydrogen) atoms. The number of rotatable bonds is 6. The van der Waals surface area contributed by atoms with Crippen LogP contribution in [0.3, 0.4) is 0 Å². The normalized spacial score (nSPS) is 19.4. The molecular weight excluding hydrogens is 404 g/mol. The molecule has 3 aromatic rings. The maximum absolute atomic E-state index is 10.7. The fourth-order valence-electron chi connectivity index (χ4n) is 5.02. The summed E-state index contributed by atoms with van der Waals surface area (Å²) in [5.74, 6) is 0.968. The van der Waals surface area contributed by atoms with Crippen molar-refractivity contribution in [1.82, 2.24) is 14.9 Å². The number of aliphatic hydroxyl groups excluding tert-OH is 1. The summed E-state index contributed by atoms with van der Waals surface area (Å²) >= 11 is 0. The lowest BCUT2D eigenvalue weighted by Gasteiger charge is -2.33. The lowest BCUT2D eigenvalue weighted by molar-refractivity contribution is 0.0149. The Labute approximate surface area is 188 Å². The highest BCUT2D eigenvalue weighted by Crippen LogP contribution is 2.39. The van der Waals surface area contributed by atoms with Crippen molar-refractivity contribution in [2.75, 3.05) is 45.2 Å². The largest absolute Gasteiger partial charge is 0.491 e. The standard InChI is InChI=1S/C25H30N4O3/c26-24-27-13-19(14-28-24)23-12-21(11-18-3-1-2-4-22(18)23)32-16-20(30)15-29-8-5-25(17-29)6-9-31-10-7-25/h1-4,11-14,20,30H,5-10,15-17H2,(H2,26,27,28). The third kappa shape index (κ3) is 4.55. The Hall–Kier alpha value is -2.74. The topological polar surface area (TPSA) is 93.7 Å². The van der Waals surface area contributed by atoms with Gasteiger partial charge in [-0.15, -0.1) is 0 Å². The van der Waals surface area contributed by atoms with Crippen molar-refractivity contribution < 1.29 is 14.6 Å². The average molecular weight is 435 g/mol. The van der Waals surface area contributed by atoms with Crippen LogP contribution in [0.15, 0.2) is 48.8 Å². The number of hydrogen-bond acceptors (Lipinski definition) is 7. The van der Waals surface area contributed by atoms with Gasteiger partial charge in [0.1, 0.15) is 18.5 Å². The molecule has 2 aliphatic heterocycles. The maximum Gasteiger partial charge on any atom is 0.219 e. The van der Waals surface area contributed by atoms with Gasteiger partial charge >= 0.3 is 0 Å². The van der Waals surface area contributed by atoms with Crippen molar-refractivity contribution in [3.63, 3.8) is 0 Å². The van der Waals surface area contributed by atoms with E-state index in [1.165, 1.54) is 6.42 Å². The van der Waals surface area contributed by atoms with Gasteiger partial charge in [0.05, 0.1) is 0 Å². The van der Waals surface area contributed by atoms with Crippen LogP contribution in [-0.4, -0.2) is 65.5 Å². The van der Waals surface area contributed by atoms with Gasteiger partial charge in [-0.2, -0.15) is 0 Å². The van der Waals surface area contributed by atoms with Crippen LogP contribution < -0.4 is 10.5 Å². The molecule has 0 radical (unpaired) electrons. The fourth-order valence-corrected chi connectivity index (χ4v) is 5.02. The quantitative estimate of drug-likeness (QED) is 0.616. The van der Waals surface area contributed by atoms with E-state index in [0.717, 1.165) is 66.8 Å². The lowest BCUT2D eigenvalue weighted by Crippen LogP contribution is -2.37. The Morgan fingerprint density at radius 3 is 2.72 bits per heavy atom. The highest BCUT2D eigenvalue weighted by molar-refractivity contribution is 5.97. The first kappa shape index (κ1) is 21.1. The van der Waals surface area contributed by atoms with Gasteiger partial charge in [0.25, 0.3) is 0 Å². The Bertz CT molecular complexity index is 1070. The molecule has 1 unspecified atom stereocenters. The summed E-state index contributed by atoms with van der Waals surface area (Å²) in [7, 11) is 0. The first-order valence-corrected chi connectivity index (χ1v) is 11.3. The van der Waals surface area contributed by atoms with Crippen molar-refractivity contribution >= 4 is 16.7 Å². The van der Waals surface area contributed by atoms with Gasteiger partial charge in [0, 0.05) is 44.3 Å². The van der Waals surface area contributed by atoms with E-state index in [2.05, 4.69) is 27.0 Å². The molecule has 168 valence electrons. The minimum atomic E-state index is -0.542. The molecule has 2 aromatic carbocycles. The molecule has 2 fully saturated rings. The molecule has 7 heteroatoms. The predicted molar refractivity (Wildman–Crippen MR) is 124 cm³/mol. The number of aromatic nitrogens is 2. The van der Waals surface area contributed by atoms with E-state index in [1.807, 2.05) is 24.3 Å². The summed E-state index contributed by atoms with van der Waals surface area (Å²) in [6, 6.07) is 12.1. The zero-order valence-corrected chi connectivity index (χ0v) is 18.2. The van der Waals surface area contributed by atoms with E-state index in [1.54, 1.807) is 12.4 Å². The molecule has 0 bridgehead atoms. The van der Waals surface area contributed by atoms with Crippen LogP contribution in [0.25, 0.3) is 21.9 Å². The second-order valence-electron chi connectivity index (χ2n) is 9.08. The summed E-state index contributed by atoms with van der Waals surface area (Å²) in [5.41, 5.74) is 7.89. The molecular formula is C25H30N4O3. The van der Waals surface area contributed by atoms with Crippen LogP contribution in [0, 0.1) is 5.41 Å². The zero-order chi connectivity index (χ0) is 22.0. The molecule has 7 nitrogen and oxygen atoms in total.